The Morgan fingerprint density at radius 1 is 1.17 bits per heavy atom. The van der Waals surface area contributed by atoms with E-state index in [2.05, 4.69) is 41.3 Å². The summed E-state index contributed by atoms with van der Waals surface area (Å²) in [6.45, 7) is 10.8. The first-order valence-electron chi connectivity index (χ1n) is 10.4. The largest absolute Gasteiger partial charge is 0.356 e. The summed E-state index contributed by atoms with van der Waals surface area (Å²) in [7, 11) is 1.80. The Morgan fingerprint density at radius 3 is 2.38 bits per heavy atom. The van der Waals surface area contributed by atoms with Gasteiger partial charge in [0.25, 0.3) is 5.69 Å². The van der Waals surface area contributed by atoms with E-state index >= 15 is 0 Å². The highest BCUT2D eigenvalue weighted by atomic mass is 127. The average Bonchev–Trinajstić information content (AvgIpc) is 2.70. The van der Waals surface area contributed by atoms with Crippen molar-refractivity contribution in [3.05, 3.63) is 39.9 Å². The van der Waals surface area contributed by atoms with Gasteiger partial charge >= 0.3 is 0 Å². The van der Waals surface area contributed by atoms with Crippen molar-refractivity contribution in [3.63, 3.8) is 0 Å². The third-order valence-corrected chi connectivity index (χ3v) is 4.94. The van der Waals surface area contributed by atoms with Crippen LogP contribution in [0.1, 0.15) is 52.0 Å². The Labute approximate surface area is 192 Å². The molecule has 0 heterocycles. The Kier molecular flexibility index (Phi) is 15.6. The number of aryl methyl sites for hydroxylation is 1. The molecule has 1 unspecified atom stereocenters. The second-order valence-electron chi connectivity index (χ2n) is 7.09. The van der Waals surface area contributed by atoms with Crippen LogP contribution in [0.2, 0.25) is 0 Å². The zero-order chi connectivity index (χ0) is 20.8. The summed E-state index contributed by atoms with van der Waals surface area (Å²) in [5.41, 5.74) is 1.28. The van der Waals surface area contributed by atoms with Crippen LogP contribution in [0.15, 0.2) is 29.3 Å². The van der Waals surface area contributed by atoms with Crippen LogP contribution in [0.4, 0.5) is 5.69 Å². The van der Waals surface area contributed by atoms with Crippen molar-refractivity contribution >= 4 is 35.6 Å². The maximum Gasteiger partial charge on any atom is 0.269 e. The summed E-state index contributed by atoms with van der Waals surface area (Å²) in [5, 5.41) is 17.5. The average molecular weight is 519 g/mol. The first-order valence-corrected chi connectivity index (χ1v) is 10.4. The van der Waals surface area contributed by atoms with E-state index in [0.717, 1.165) is 63.4 Å². The van der Waals surface area contributed by atoms with E-state index < -0.39 is 0 Å². The van der Waals surface area contributed by atoms with Crippen LogP contribution in [0.5, 0.6) is 0 Å². The lowest BCUT2D eigenvalue weighted by atomic mass is 10.1. The van der Waals surface area contributed by atoms with Crippen LogP contribution in [0.3, 0.4) is 0 Å². The first kappa shape index (κ1) is 27.6. The zero-order valence-electron chi connectivity index (χ0n) is 18.3. The van der Waals surface area contributed by atoms with Crippen molar-refractivity contribution in [2.45, 2.75) is 58.9 Å². The molecule has 29 heavy (non-hydrogen) atoms. The third kappa shape index (κ3) is 12.0. The van der Waals surface area contributed by atoms with Gasteiger partial charge in [0, 0.05) is 31.8 Å². The van der Waals surface area contributed by atoms with E-state index in [-0.39, 0.29) is 34.6 Å². The van der Waals surface area contributed by atoms with E-state index in [4.69, 9.17) is 0 Å². The van der Waals surface area contributed by atoms with Gasteiger partial charge in [0.1, 0.15) is 0 Å². The summed E-state index contributed by atoms with van der Waals surface area (Å²) >= 11 is 0. The van der Waals surface area contributed by atoms with Crippen LogP contribution in [-0.2, 0) is 6.42 Å². The molecule has 0 fully saturated rings. The van der Waals surface area contributed by atoms with E-state index in [9.17, 15) is 10.1 Å². The van der Waals surface area contributed by atoms with Gasteiger partial charge in [-0.1, -0.05) is 26.0 Å². The van der Waals surface area contributed by atoms with Gasteiger partial charge in [0.15, 0.2) is 5.96 Å². The number of non-ortho nitro benzene ring substituents is 1. The summed E-state index contributed by atoms with van der Waals surface area (Å²) < 4.78 is 0. The number of hydrogen-bond donors (Lipinski definition) is 2. The Bertz CT molecular complexity index is 591. The Balaban J connectivity index is 0.00000784. The van der Waals surface area contributed by atoms with E-state index in [1.165, 1.54) is 6.42 Å². The summed E-state index contributed by atoms with van der Waals surface area (Å²) in [6, 6.07) is 7.21. The lowest BCUT2D eigenvalue weighted by Crippen LogP contribution is -2.42. The number of guanidine groups is 1. The maximum absolute atomic E-state index is 10.7. The molecule has 1 atom stereocenters. The topological polar surface area (TPSA) is 82.8 Å². The first-order chi connectivity index (χ1) is 13.5. The SMILES string of the molecule is CCN(CC)CCCC(C)NC(=NC)NCCCCc1ccc([N+](=O)[O-])cc1.I. The van der Waals surface area contributed by atoms with Gasteiger partial charge in [-0.25, -0.2) is 0 Å². The molecule has 166 valence electrons. The number of nitrogens with one attached hydrogen (secondary N) is 2. The fourth-order valence-corrected chi connectivity index (χ4v) is 3.11. The van der Waals surface area contributed by atoms with E-state index in [0.29, 0.717) is 6.04 Å². The molecule has 0 saturated carbocycles. The molecule has 0 saturated heterocycles. The molecule has 1 aromatic carbocycles. The molecule has 0 radical (unpaired) electrons. The summed E-state index contributed by atoms with van der Waals surface area (Å²) in [5.74, 6) is 0.852. The fraction of sp³-hybridized carbons (Fsp3) is 0.667. The predicted octanol–water partition coefficient (Wildman–Crippen LogP) is 4.21. The van der Waals surface area contributed by atoms with Crippen LogP contribution >= 0.6 is 24.0 Å². The Morgan fingerprint density at radius 2 is 1.83 bits per heavy atom. The number of benzene rings is 1. The lowest BCUT2D eigenvalue weighted by molar-refractivity contribution is -0.384. The lowest BCUT2D eigenvalue weighted by Gasteiger charge is -2.21. The van der Waals surface area contributed by atoms with Gasteiger partial charge in [-0.3, -0.25) is 15.1 Å². The summed E-state index contributed by atoms with van der Waals surface area (Å²) in [4.78, 5) is 17.1. The third-order valence-electron chi connectivity index (χ3n) is 4.94. The van der Waals surface area contributed by atoms with Crippen LogP contribution in [0, 0.1) is 10.1 Å². The minimum Gasteiger partial charge on any atom is -0.356 e. The highest BCUT2D eigenvalue weighted by Gasteiger charge is 2.07. The molecule has 2 N–H and O–H groups in total. The second kappa shape index (κ2) is 16.4. The van der Waals surface area contributed by atoms with Crippen molar-refractivity contribution in [2.24, 2.45) is 4.99 Å². The molecule has 0 bridgehead atoms. The number of hydrogen-bond acceptors (Lipinski definition) is 4. The quantitative estimate of drug-likeness (QED) is 0.102. The van der Waals surface area contributed by atoms with E-state index in [1.54, 1.807) is 19.2 Å². The molecular weight excluding hydrogens is 481 g/mol. The number of nitro benzene ring substituents is 1. The molecule has 7 nitrogen and oxygen atoms in total. The number of nitrogens with zero attached hydrogens (tertiary/aromatic N) is 3. The number of aliphatic imine (C=N–C) groups is 1. The van der Waals surface area contributed by atoms with Gasteiger partial charge in [-0.05, 0) is 64.2 Å². The molecule has 0 aliphatic carbocycles. The van der Waals surface area contributed by atoms with Gasteiger partial charge < -0.3 is 15.5 Å². The molecular formula is C21H38IN5O2. The van der Waals surface area contributed by atoms with Crippen molar-refractivity contribution in [1.29, 1.82) is 0 Å². The fourth-order valence-electron chi connectivity index (χ4n) is 3.11. The van der Waals surface area contributed by atoms with Crippen molar-refractivity contribution in [1.82, 2.24) is 15.5 Å². The van der Waals surface area contributed by atoms with Crippen LogP contribution in [0.25, 0.3) is 0 Å². The van der Waals surface area contributed by atoms with Gasteiger partial charge in [-0.15, -0.1) is 24.0 Å². The molecule has 0 amide bonds. The number of halogens is 1. The summed E-state index contributed by atoms with van der Waals surface area (Å²) in [6.07, 6.45) is 5.28. The maximum atomic E-state index is 10.7. The normalized spacial score (nSPS) is 12.4. The number of rotatable bonds is 13. The van der Waals surface area contributed by atoms with Crippen LogP contribution in [-0.4, -0.2) is 55.1 Å². The molecule has 1 rings (SSSR count). The second-order valence-corrected chi connectivity index (χ2v) is 7.09. The molecule has 0 spiro atoms. The van der Waals surface area contributed by atoms with Crippen molar-refractivity contribution < 1.29 is 4.92 Å². The van der Waals surface area contributed by atoms with Gasteiger partial charge in [0.05, 0.1) is 4.92 Å². The smallest absolute Gasteiger partial charge is 0.269 e. The predicted molar refractivity (Wildman–Crippen MR) is 132 cm³/mol. The minimum absolute atomic E-state index is 0. The monoisotopic (exact) mass is 519 g/mol. The Hall–Kier alpha value is -1.42. The number of unbranched alkanes of at least 4 members (excludes halogenated alkanes) is 1. The van der Waals surface area contributed by atoms with Gasteiger partial charge in [-0.2, -0.15) is 0 Å². The minimum atomic E-state index is -0.364. The van der Waals surface area contributed by atoms with E-state index in [1.807, 2.05) is 12.1 Å². The molecule has 0 aliphatic rings. The standard InChI is InChI=1S/C21H37N5O2.HI/c1-5-25(6-2)17-9-10-18(3)24-21(22-4)23-16-8-7-11-19-12-14-20(15-13-19)26(27)28;/h12-15,18H,5-11,16-17H2,1-4H3,(H2,22,23,24);1H. The molecule has 0 aliphatic heterocycles. The molecule has 0 aromatic heterocycles. The van der Waals surface area contributed by atoms with Crippen LogP contribution < -0.4 is 10.6 Å². The zero-order valence-corrected chi connectivity index (χ0v) is 20.6. The molecule has 8 heteroatoms. The molecule has 1 aromatic rings. The van der Waals surface area contributed by atoms with Crippen molar-refractivity contribution in [3.8, 4) is 0 Å². The highest BCUT2D eigenvalue weighted by Crippen LogP contribution is 2.13. The number of nitro groups is 1. The van der Waals surface area contributed by atoms with Crippen molar-refractivity contribution in [2.75, 3.05) is 33.2 Å². The highest BCUT2D eigenvalue weighted by molar-refractivity contribution is 14.0. The van der Waals surface area contributed by atoms with Gasteiger partial charge in [0.2, 0.25) is 0 Å².